The van der Waals surface area contributed by atoms with E-state index >= 15 is 0 Å². The lowest BCUT2D eigenvalue weighted by Gasteiger charge is -2.55. The zero-order chi connectivity index (χ0) is 23.9. The van der Waals surface area contributed by atoms with Crippen molar-refractivity contribution in [1.29, 1.82) is 0 Å². The number of amides is 1. The van der Waals surface area contributed by atoms with Gasteiger partial charge in [-0.3, -0.25) is 28.9 Å². The third kappa shape index (κ3) is 2.95. The Morgan fingerprint density at radius 3 is 2.30 bits per heavy atom. The molecule has 0 saturated heterocycles. The smallest absolute Gasteiger partial charge is 0.235 e. The van der Waals surface area contributed by atoms with Crippen LogP contribution in [0, 0.1) is 23.7 Å². The number of carbonyl (C=O) groups is 5. The minimum absolute atomic E-state index is 0. The average molecular weight is 478 g/mol. The highest BCUT2D eigenvalue weighted by molar-refractivity contribution is 6.33. The predicted octanol–water partition coefficient (Wildman–Crippen LogP) is -4.69. The van der Waals surface area contributed by atoms with Gasteiger partial charge in [0.1, 0.15) is 5.75 Å². The number of carbonyl (C=O) groups excluding carboxylic acids is 5. The van der Waals surface area contributed by atoms with Crippen molar-refractivity contribution in [1.82, 2.24) is 4.90 Å². The van der Waals surface area contributed by atoms with Gasteiger partial charge in [0.2, 0.25) is 5.91 Å². The Bertz CT molecular complexity index is 1130. The molecule has 1 amide bonds. The number of likely N-dealkylation sites (N-methyl/N-ethyl adjacent to an activating group) is 1. The second kappa shape index (κ2) is 7.84. The average Bonchev–Trinajstić information content (AvgIpc) is 2.70. The monoisotopic (exact) mass is 477 g/mol. The van der Waals surface area contributed by atoms with E-state index in [0.717, 1.165) is 0 Å². The molecule has 7 atom stereocenters. The minimum Gasteiger partial charge on any atom is -1.00 e. The summed E-state index contributed by atoms with van der Waals surface area (Å²) in [6.45, 7) is 3.90. The second-order valence-electron chi connectivity index (χ2n) is 8.75. The fourth-order valence-corrected chi connectivity index (χ4v) is 5.57. The Balaban J connectivity index is 0.00000306. The van der Waals surface area contributed by atoms with Crippen LogP contribution >= 0.6 is 0 Å². The maximum atomic E-state index is 13.6. The van der Waals surface area contributed by atoms with E-state index in [2.05, 4.69) is 6.58 Å². The molecule has 4 rings (SSSR count). The highest BCUT2D eigenvalue weighted by atomic mass is 35.5. The third-order valence-corrected chi connectivity index (χ3v) is 6.95. The van der Waals surface area contributed by atoms with Crippen molar-refractivity contribution in [3.05, 3.63) is 35.9 Å². The number of nitrogens with zero attached hydrogens (tertiary/aromatic N) is 1. The maximum absolute atomic E-state index is 13.6. The molecule has 3 aliphatic carbocycles. The van der Waals surface area contributed by atoms with Gasteiger partial charge in [-0.05, 0) is 31.3 Å². The van der Waals surface area contributed by atoms with Crippen LogP contribution in [0.5, 0.6) is 5.75 Å². The van der Waals surface area contributed by atoms with Gasteiger partial charge < -0.3 is 33.5 Å². The number of ketones is 4. The van der Waals surface area contributed by atoms with E-state index in [-0.39, 0.29) is 29.1 Å². The van der Waals surface area contributed by atoms with Gasteiger partial charge in [0.05, 0.1) is 29.5 Å². The molecular weight excluding hydrogens is 456 g/mol. The largest absolute Gasteiger partial charge is 1.00 e. The van der Waals surface area contributed by atoms with Crippen LogP contribution in [0.15, 0.2) is 24.8 Å². The summed E-state index contributed by atoms with van der Waals surface area (Å²) in [4.78, 5) is 66.2. The number of nitrogens with two attached hydrogens (primary N) is 1. The summed E-state index contributed by atoms with van der Waals surface area (Å²) in [5, 5.41) is 33.0. The second-order valence-corrected chi connectivity index (χ2v) is 8.75. The number of aliphatic hydroxyl groups excluding tert-OH is 1. The number of aromatic hydroxyl groups is 1. The summed E-state index contributed by atoms with van der Waals surface area (Å²) in [5.74, 6) is -13.1. The SMILES string of the molecule is C=C1c2cccc(O)c2C(=O)C2C(=O)[C@]3(O)C(=O)C(C(N)=O)C(=O)[C@@H](N(C)C)[C@@H]3[C@@H](O)[C@H]12.[Cl-]. The normalized spacial score (nSPS) is 35.5. The molecule has 1 aromatic rings. The molecule has 3 aliphatic rings. The number of rotatable bonds is 2. The molecule has 10 nitrogen and oxygen atoms in total. The zero-order valence-corrected chi connectivity index (χ0v) is 18.4. The van der Waals surface area contributed by atoms with Crippen molar-refractivity contribution in [3.63, 3.8) is 0 Å². The van der Waals surface area contributed by atoms with Crippen molar-refractivity contribution in [2.45, 2.75) is 17.7 Å². The van der Waals surface area contributed by atoms with Crippen molar-refractivity contribution in [3.8, 4) is 5.75 Å². The van der Waals surface area contributed by atoms with Crippen LogP contribution in [0.25, 0.3) is 5.57 Å². The highest BCUT2D eigenvalue weighted by Gasteiger charge is 2.72. The predicted molar refractivity (Wildman–Crippen MR) is 108 cm³/mol. The number of Topliss-reactive ketones (excluding diaryl/α,β-unsaturated/α-hetero) is 4. The van der Waals surface area contributed by atoms with Crippen LogP contribution in [0.2, 0.25) is 0 Å². The maximum Gasteiger partial charge on any atom is 0.235 e. The minimum atomic E-state index is -3.01. The highest BCUT2D eigenvalue weighted by Crippen LogP contribution is 2.53. The van der Waals surface area contributed by atoms with Crippen LogP contribution in [0.3, 0.4) is 0 Å². The lowest BCUT2D eigenvalue weighted by molar-refractivity contribution is -0.192. The van der Waals surface area contributed by atoms with Crippen molar-refractivity contribution >= 4 is 34.6 Å². The number of primary amides is 1. The fraction of sp³-hybridized carbons (Fsp3) is 0.409. The molecule has 33 heavy (non-hydrogen) atoms. The molecule has 0 spiro atoms. The van der Waals surface area contributed by atoms with Crippen LogP contribution in [-0.4, -0.2) is 81.1 Å². The van der Waals surface area contributed by atoms with E-state index < -0.39 is 76.2 Å². The molecule has 2 unspecified atom stereocenters. The standard InChI is InChI=1S/C22H22N2O8.ClH/c1-7-8-5-4-6-9(25)11(8)16(26)12-10(7)17(27)14-15(24(2)3)18(28)13(21(23)31)20(30)22(14,32)19(12)29;/h4-6,10,12-15,17,25,27,32H,1H2,2-3H3,(H2,23,31);1H/p-1/t10-,12?,13?,14-,15+,17+,22+;/m1./s1. The van der Waals surface area contributed by atoms with Crippen LogP contribution in [0.1, 0.15) is 15.9 Å². The van der Waals surface area contributed by atoms with Gasteiger partial charge in [-0.25, -0.2) is 0 Å². The summed E-state index contributed by atoms with van der Waals surface area (Å²) in [7, 11) is 2.85. The zero-order valence-electron chi connectivity index (χ0n) is 17.7. The number of fused-ring (bicyclic) bond motifs is 3. The Hall–Kier alpha value is -2.92. The Kier molecular flexibility index (Phi) is 5.87. The number of aliphatic hydroxyl groups is 2. The Labute approximate surface area is 194 Å². The van der Waals surface area contributed by atoms with E-state index in [9.17, 15) is 39.3 Å². The number of halogens is 1. The number of benzene rings is 1. The summed E-state index contributed by atoms with van der Waals surface area (Å²) in [5.41, 5.74) is 2.38. The molecule has 0 heterocycles. The first-order valence-corrected chi connectivity index (χ1v) is 9.91. The molecule has 5 N–H and O–H groups in total. The summed E-state index contributed by atoms with van der Waals surface area (Å²) in [6, 6.07) is 2.78. The van der Waals surface area contributed by atoms with E-state index in [1.807, 2.05) is 0 Å². The number of hydrogen-bond acceptors (Lipinski definition) is 9. The number of hydrogen-bond donors (Lipinski definition) is 4. The molecule has 0 aromatic heterocycles. The van der Waals surface area contributed by atoms with E-state index in [0.29, 0.717) is 0 Å². The van der Waals surface area contributed by atoms with Gasteiger partial charge in [0.15, 0.2) is 34.7 Å². The number of phenolic OH excluding ortho intramolecular Hbond substituents is 1. The quantitative estimate of drug-likeness (QED) is 0.305. The van der Waals surface area contributed by atoms with Crippen LogP contribution < -0.4 is 18.1 Å². The summed E-state index contributed by atoms with van der Waals surface area (Å²) < 4.78 is 0. The van der Waals surface area contributed by atoms with E-state index in [1.54, 1.807) is 0 Å². The first-order chi connectivity index (χ1) is 14.9. The van der Waals surface area contributed by atoms with E-state index in [4.69, 9.17) is 5.73 Å². The Morgan fingerprint density at radius 2 is 1.76 bits per heavy atom. The van der Waals surface area contributed by atoms with Crippen LogP contribution in [0.4, 0.5) is 0 Å². The topological polar surface area (TPSA) is 175 Å². The number of phenols is 1. The van der Waals surface area contributed by atoms with Gasteiger partial charge in [-0.15, -0.1) is 0 Å². The van der Waals surface area contributed by atoms with Crippen molar-refractivity contribution in [2.24, 2.45) is 29.4 Å². The van der Waals surface area contributed by atoms with Crippen molar-refractivity contribution in [2.75, 3.05) is 14.1 Å². The molecule has 0 radical (unpaired) electrons. The van der Waals surface area contributed by atoms with E-state index in [1.165, 1.54) is 37.2 Å². The molecule has 11 heteroatoms. The molecule has 0 bridgehead atoms. The first kappa shape index (κ1) is 24.7. The van der Waals surface area contributed by atoms with Gasteiger partial charge in [0.25, 0.3) is 0 Å². The first-order valence-electron chi connectivity index (χ1n) is 9.91. The molecule has 2 saturated carbocycles. The Morgan fingerprint density at radius 1 is 1.15 bits per heavy atom. The van der Waals surface area contributed by atoms with Gasteiger partial charge in [-0.1, -0.05) is 18.7 Å². The molecule has 2 fully saturated rings. The van der Waals surface area contributed by atoms with Crippen LogP contribution in [-0.2, 0) is 19.2 Å². The summed E-state index contributed by atoms with van der Waals surface area (Å²) >= 11 is 0. The molecule has 176 valence electrons. The van der Waals surface area contributed by atoms with Gasteiger partial charge in [0, 0.05) is 5.92 Å². The fourth-order valence-electron chi connectivity index (χ4n) is 5.57. The third-order valence-electron chi connectivity index (χ3n) is 6.95. The van der Waals surface area contributed by atoms with Gasteiger partial charge in [-0.2, -0.15) is 0 Å². The van der Waals surface area contributed by atoms with Gasteiger partial charge >= 0.3 is 0 Å². The lowest BCUT2D eigenvalue weighted by atomic mass is 9.50. The lowest BCUT2D eigenvalue weighted by Crippen LogP contribution is -3.00. The van der Waals surface area contributed by atoms with Crippen molar-refractivity contribution < 1.29 is 51.7 Å². The molecule has 1 aromatic carbocycles. The molecule has 0 aliphatic heterocycles. The molecular formula is C22H22ClN2O8-. The summed E-state index contributed by atoms with van der Waals surface area (Å²) in [6.07, 6.45) is -1.72.